The highest BCUT2D eigenvalue weighted by molar-refractivity contribution is 9.10. The molecule has 1 unspecified atom stereocenters. The van der Waals surface area contributed by atoms with E-state index in [0.29, 0.717) is 12.4 Å². The van der Waals surface area contributed by atoms with E-state index in [0.717, 1.165) is 16.5 Å². The molecule has 1 atom stereocenters. The Morgan fingerprint density at radius 3 is 2.95 bits per heavy atom. The second kappa shape index (κ2) is 6.70. The fourth-order valence-corrected chi connectivity index (χ4v) is 2.44. The van der Waals surface area contributed by atoms with Gasteiger partial charge < -0.3 is 9.88 Å². The molecule has 0 aliphatic carbocycles. The highest BCUT2D eigenvalue weighted by atomic mass is 79.9. The first-order chi connectivity index (χ1) is 9.61. The smallest absolute Gasteiger partial charge is 0.293 e. The van der Waals surface area contributed by atoms with E-state index in [2.05, 4.69) is 26.2 Å². The lowest BCUT2D eigenvalue weighted by Gasteiger charge is -2.15. The number of hydrogen-bond donors (Lipinski definition) is 1. The van der Waals surface area contributed by atoms with Crippen LogP contribution in [0, 0.1) is 0 Å². The van der Waals surface area contributed by atoms with Crippen LogP contribution in [0.15, 0.2) is 45.9 Å². The van der Waals surface area contributed by atoms with E-state index in [1.165, 1.54) is 0 Å². The lowest BCUT2D eigenvalue weighted by atomic mass is 10.1. The van der Waals surface area contributed by atoms with Crippen molar-refractivity contribution < 1.29 is 0 Å². The van der Waals surface area contributed by atoms with Gasteiger partial charge in [-0.1, -0.05) is 35.0 Å². The number of rotatable bonds is 5. The first kappa shape index (κ1) is 14.8. The summed E-state index contributed by atoms with van der Waals surface area (Å²) in [5.74, 6) is 0.397. The highest BCUT2D eigenvalue weighted by Gasteiger charge is 2.10. The standard InChI is InChI=1S/C15H18BrN3O/c1-3-8-19-9-7-17-14(15(19)20)18-11(2)12-5-4-6-13(16)10-12/h4-7,9-11H,3,8H2,1-2H3,(H,17,18). The Morgan fingerprint density at radius 1 is 1.45 bits per heavy atom. The maximum Gasteiger partial charge on any atom is 0.293 e. The quantitative estimate of drug-likeness (QED) is 0.908. The molecule has 0 bridgehead atoms. The third-order valence-corrected chi connectivity index (χ3v) is 3.57. The Labute approximate surface area is 127 Å². The molecule has 1 aromatic heterocycles. The minimum atomic E-state index is -0.0730. The van der Waals surface area contributed by atoms with Crippen molar-refractivity contribution in [2.24, 2.45) is 0 Å². The molecule has 2 rings (SSSR count). The minimum Gasteiger partial charge on any atom is -0.359 e. The summed E-state index contributed by atoms with van der Waals surface area (Å²) >= 11 is 3.45. The van der Waals surface area contributed by atoms with Gasteiger partial charge in [0.15, 0.2) is 5.82 Å². The average molecular weight is 336 g/mol. The van der Waals surface area contributed by atoms with E-state index >= 15 is 0 Å². The summed E-state index contributed by atoms with van der Waals surface area (Å²) in [5, 5.41) is 3.19. The molecule has 0 spiro atoms. The predicted molar refractivity (Wildman–Crippen MR) is 85.0 cm³/mol. The van der Waals surface area contributed by atoms with Crippen LogP contribution in [0.4, 0.5) is 5.82 Å². The first-order valence-electron chi connectivity index (χ1n) is 6.69. The minimum absolute atomic E-state index is 0.0187. The second-order valence-corrected chi connectivity index (χ2v) is 5.61. The van der Waals surface area contributed by atoms with Gasteiger partial charge >= 0.3 is 0 Å². The molecule has 4 nitrogen and oxygen atoms in total. The molecule has 0 radical (unpaired) electrons. The molecule has 1 aromatic carbocycles. The molecule has 20 heavy (non-hydrogen) atoms. The van der Waals surface area contributed by atoms with Gasteiger partial charge in [-0.2, -0.15) is 0 Å². The summed E-state index contributed by atoms with van der Waals surface area (Å²) in [6.45, 7) is 4.77. The Balaban J connectivity index is 2.22. The van der Waals surface area contributed by atoms with Gasteiger partial charge in [-0.25, -0.2) is 4.98 Å². The zero-order valence-corrected chi connectivity index (χ0v) is 13.2. The summed E-state index contributed by atoms with van der Waals surface area (Å²) in [4.78, 5) is 16.4. The number of nitrogens with one attached hydrogen (secondary N) is 1. The first-order valence-corrected chi connectivity index (χ1v) is 7.48. The van der Waals surface area contributed by atoms with Crippen molar-refractivity contribution >= 4 is 21.7 Å². The summed E-state index contributed by atoms with van der Waals surface area (Å²) in [6, 6.07) is 8.03. The number of hydrogen-bond acceptors (Lipinski definition) is 3. The second-order valence-electron chi connectivity index (χ2n) is 4.70. The number of benzene rings is 1. The molecule has 106 valence electrons. The van der Waals surface area contributed by atoms with Crippen LogP contribution >= 0.6 is 15.9 Å². The molecule has 2 aromatic rings. The van der Waals surface area contributed by atoms with E-state index in [4.69, 9.17) is 0 Å². The monoisotopic (exact) mass is 335 g/mol. The predicted octanol–water partition coefficient (Wildman–Crippen LogP) is 3.59. The molecule has 0 saturated carbocycles. The van der Waals surface area contributed by atoms with Gasteiger partial charge in [-0.15, -0.1) is 0 Å². The molecule has 1 N–H and O–H groups in total. The normalized spacial score (nSPS) is 12.2. The zero-order valence-electron chi connectivity index (χ0n) is 11.6. The number of aryl methyl sites for hydroxylation is 1. The number of nitrogens with zero attached hydrogens (tertiary/aromatic N) is 2. The molecule has 0 aliphatic heterocycles. The topological polar surface area (TPSA) is 46.9 Å². The molecule has 0 fully saturated rings. The van der Waals surface area contributed by atoms with Gasteiger partial charge in [-0.05, 0) is 31.0 Å². The van der Waals surface area contributed by atoms with Gasteiger partial charge in [0.05, 0.1) is 6.04 Å². The largest absolute Gasteiger partial charge is 0.359 e. The third-order valence-electron chi connectivity index (χ3n) is 3.08. The maximum atomic E-state index is 12.2. The van der Waals surface area contributed by atoms with Crippen molar-refractivity contribution in [2.45, 2.75) is 32.9 Å². The summed E-state index contributed by atoms with van der Waals surface area (Å²) in [7, 11) is 0. The SMILES string of the molecule is CCCn1ccnc(NC(C)c2cccc(Br)c2)c1=O. The maximum absolute atomic E-state index is 12.2. The fraction of sp³-hybridized carbons (Fsp3) is 0.333. The zero-order chi connectivity index (χ0) is 14.5. The molecular formula is C15H18BrN3O. The van der Waals surface area contributed by atoms with Crippen molar-refractivity contribution in [3.05, 3.63) is 57.0 Å². The summed E-state index contributed by atoms with van der Waals surface area (Å²) < 4.78 is 2.70. The highest BCUT2D eigenvalue weighted by Crippen LogP contribution is 2.20. The van der Waals surface area contributed by atoms with Crippen LogP contribution in [0.3, 0.4) is 0 Å². The van der Waals surface area contributed by atoms with E-state index in [-0.39, 0.29) is 11.6 Å². The lowest BCUT2D eigenvalue weighted by Crippen LogP contribution is -2.25. The van der Waals surface area contributed by atoms with Crippen LogP contribution in [-0.2, 0) is 6.54 Å². The van der Waals surface area contributed by atoms with Gasteiger partial charge in [0.25, 0.3) is 5.56 Å². The number of anilines is 1. The van der Waals surface area contributed by atoms with E-state index in [1.807, 2.05) is 38.1 Å². The van der Waals surface area contributed by atoms with Crippen LogP contribution in [0.2, 0.25) is 0 Å². The Bertz CT molecular complexity index is 639. The van der Waals surface area contributed by atoms with Crippen molar-refractivity contribution in [3.63, 3.8) is 0 Å². The van der Waals surface area contributed by atoms with E-state index < -0.39 is 0 Å². The van der Waals surface area contributed by atoms with Crippen molar-refractivity contribution in [3.8, 4) is 0 Å². The number of aromatic nitrogens is 2. The van der Waals surface area contributed by atoms with Crippen LogP contribution in [0.1, 0.15) is 31.9 Å². The van der Waals surface area contributed by atoms with Crippen LogP contribution in [-0.4, -0.2) is 9.55 Å². The van der Waals surface area contributed by atoms with Gasteiger partial charge in [-0.3, -0.25) is 4.79 Å². The van der Waals surface area contributed by atoms with Crippen molar-refractivity contribution in [1.29, 1.82) is 0 Å². The van der Waals surface area contributed by atoms with Crippen LogP contribution < -0.4 is 10.9 Å². The van der Waals surface area contributed by atoms with Gasteiger partial charge in [0.1, 0.15) is 0 Å². The van der Waals surface area contributed by atoms with Gasteiger partial charge in [0, 0.05) is 23.4 Å². The van der Waals surface area contributed by atoms with Crippen molar-refractivity contribution in [2.75, 3.05) is 5.32 Å². The molecule has 5 heteroatoms. The Kier molecular flexibility index (Phi) is 4.95. The third kappa shape index (κ3) is 3.48. The van der Waals surface area contributed by atoms with Crippen LogP contribution in [0.25, 0.3) is 0 Å². The molecule has 0 saturated heterocycles. The molecule has 1 heterocycles. The summed E-state index contributed by atoms with van der Waals surface area (Å²) in [6.07, 6.45) is 4.30. The van der Waals surface area contributed by atoms with Crippen LogP contribution in [0.5, 0.6) is 0 Å². The lowest BCUT2D eigenvalue weighted by molar-refractivity contribution is 0.648. The molecule has 0 amide bonds. The van der Waals surface area contributed by atoms with Gasteiger partial charge in [0.2, 0.25) is 0 Å². The summed E-state index contributed by atoms with van der Waals surface area (Å²) in [5.41, 5.74) is 1.03. The number of halogens is 1. The Morgan fingerprint density at radius 2 is 2.25 bits per heavy atom. The average Bonchev–Trinajstić information content (AvgIpc) is 2.43. The fourth-order valence-electron chi connectivity index (χ4n) is 2.03. The Hall–Kier alpha value is -1.62. The van der Waals surface area contributed by atoms with Crippen molar-refractivity contribution in [1.82, 2.24) is 9.55 Å². The molecule has 0 aliphatic rings. The van der Waals surface area contributed by atoms with E-state index in [1.54, 1.807) is 17.0 Å². The van der Waals surface area contributed by atoms with E-state index in [9.17, 15) is 4.79 Å². The molecular weight excluding hydrogens is 318 g/mol.